The van der Waals surface area contributed by atoms with Crippen molar-refractivity contribution in [3.63, 3.8) is 0 Å². The fourth-order valence-corrected chi connectivity index (χ4v) is 2.53. The Morgan fingerprint density at radius 1 is 1.08 bits per heavy atom. The van der Waals surface area contributed by atoms with E-state index in [4.69, 9.17) is 10.2 Å². The Labute approximate surface area is 140 Å². The number of benzene rings is 2. The molecule has 0 fully saturated rings. The molecule has 1 aromatic heterocycles. The van der Waals surface area contributed by atoms with E-state index in [1.165, 1.54) is 0 Å². The molecule has 0 spiro atoms. The largest absolute Gasteiger partial charge is 0.439 e. The van der Waals surface area contributed by atoms with Gasteiger partial charge in [0.15, 0.2) is 5.76 Å². The zero-order valence-electron chi connectivity index (χ0n) is 13.3. The molecule has 3 rings (SSSR count). The van der Waals surface area contributed by atoms with Crippen molar-refractivity contribution in [1.82, 2.24) is 10.3 Å². The number of oxazole rings is 1. The second kappa shape index (κ2) is 7.10. The number of hydrogen-bond donors (Lipinski definition) is 2. The summed E-state index contributed by atoms with van der Waals surface area (Å²) < 4.78 is 5.82. The summed E-state index contributed by atoms with van der Waals surface area (Å²) in [6.45, 7) is 1.89. The zero-order valence-corrected chi connectivity index (χ0v) is 13.3. The lowest BCUT2D eigenvalue weighted by Gasteiger charge is -2.19. The topological polar surface area (TPSA) is 81.1 Å². The first-order valence-corrected chi connectivity index (χ1v) is 7.76. The zero-order chi connectivity index (χ0) is 16.9. The normalized spacial score (nSPS) is 13.4. The summed E-state index contributed by atoms with van der Waals surface area (Å²) in [5.41, 5.74) is 7.31. The van der Waals surface area contributed by atoms with E-state index in [2.05, 4.69) is 10.3 Å². The Bertz CT molecular complexity index is 800. The second-order valence-electron chi connectivity index (χ2n) is 5.56. The minimum atomic E-state index is -0.603. The van der Waals surface area contributed by atoms with Gasteiger partial charge in [-0.15, -0.1) is 0 Å². The third-order valence-corrected chi connectivity index (χ3v) is 3.79. The maximum absolute atomic E-state index is 11.8. The van der Waals surface area contributed by atoms with Crippen LogP contribution in [-0.4, -0.2) is 10.9 Å². The molecule has 0 saturated heterocycles. The van der Waals surface area contributed by atoms with Gasteiger partial charge in [-0.25, -0.2) is 4.98 Å². The quantitative estimate of drug-likeness (QED) is 0.730. The van der Waals surface area contributed by atoms with E-state index in [-0.39, 0.29) is 6.04 Å². The summed E-state index contributed by atoms with van der Waals surface area (Å²) in [5.74, 6) is 0.758. The van der Waals surface area contributed by atoms with Crippen molar-refractivity contribution in [2.45, 2.75) is 19.0 Å². The molecular weight excluding hydrogens is 302 g/mol. The molecule has 0 aliphatic carbocycles. The minimum absolute atomic E-state index is 0.264. The summed E-state index contributed by atoms with van der Waals surface area (Å²) in [4.78, 5) is 16.1. The van der Waals surface area contributed by atoms with Gasteiger partial charge in [-0.05, 0) is 12.5 Å². The number of aromatic nitrogens is 1. The van der Waals surface area contributed by atoms with Gasteiger partial charge in [-0.2, -0.15) is 0 Å². The van der Waals surface area contributed by atoms with Gasteiger partial charge < -0.3 is 10.2 Å². The van der Waals surface area contributed by atoms with E-state index >= 15 is 0 Å². The summed E-state index contributed by atoms with van der Waals surface area (Å²) in [6, 6.07) is 18.2. The Kier molecular flexibility index (Phi) is 4.72. The number of amides is 1. The van der Waals surface area contributed by atoms with Crippen LogP contribution in [-0.2, 0) is 4.79 Å². The van der Waals surface area contributed by atoms with Gasteiger partial charge in [-0.1, -0.05) is 60.7 Å². The van der Waals surface area contributed by atoms with E-state index in [1.807, 2.05) is 67.6 Å². The van der Waals surface area contributed by atoms with Gasteiger partial charge in [-0.3, -0.25) is 10.1 Å². The van der Waals surface area contributed by atoms with Crippen molar-refractivity contribution < 1.29 is 9.21 Å². The highest BCUT2D eigenvalue weighted by Crippen LogP contribution is 2.24. The summed E-state index contributed by atoms with van der Waals surface area (Å²) in [5, 5.41) is 3.18. The molecule has 2 aromatic carbocycles. The average molecular weight is 321 g/mol. The standard InChI is InChI=1S/C19H19N3O2/c1-13(22-17(18(20)23)15-10-6-3-7-11-15)19-21-12-16(24-19)14-8-4-2-5-9-14/h2-13,17,22H,1H3,(H2,20,23). The maximum atomic E-state index is 11.8. The Morgan fingerprint density at radius 3 is 2.33 bits per heavy atom. The van der Waals surface area contributed by atoms with Gasteiger partial charge in [0, 0.05) is 5.56 Å². The number of carbonyl (C=O) groups excluding carboxylic acids is 1. The summed E-state index contributed by atoms with van der Waals surface area (Å²) >= 11 is 0. The van der Waals surface area contributed by atoms with Gasteiger partial charge in [0.25, 0.3) is 0 Å². The van der Waals surface area contributed by atoms with Crippen LogP contribution in [0.15, 0.2) is 71.3 Å². The predicted octanol–water partition coefficient (Wildman–Crippen LogP) is 3.22. The first-order valence-electron chi connectivity index (χ1n) is 7.76. The number of primary amides is 1. The fourth-order valence-electron chi connectivity index (χ4n) is 2.53. The van der Waals surface area contributed by atoms with Crippen LogP contribution in [0.1, 0.15) is 30.5 Å². The van der Waals surface area contributed by atoms with Crippen molar-refractivity contribution in [2.75, 3.05) is 0 Å². The number of carbonyl (C=O) groups is 1. The molecule has 1 amide bonds. The van der Waals surface area contributed by atoms with Crippen LogP contribution >= 0.6 is 0 Å². The van der Waals surface area contributed by atoms with Gasteiger partial charge in [0.05, 0.1) is 12.2 Å². The summed E-state index contributed by atoms with van der Waals surface area (Å²) in [7, 11) is 0. The van der Waals surface area contributed by atoms with Crippen LogP contribution in [0, 0.1) is 0 Å². The highest BCUT2D eigenvalue weighted by molar-refractivity contribution is 5.81. The first-order chi connectivity index (χ1) is 11.6. The third kappa shape index (κ3) is 3.52. The molecule has 122 valence electrons. The molecule has 24 heavy (non-hydrogen) atoms. The molecule has 0 radical (unpaired) electrons. The van der Waals surface area contributed by atoms with Crippen LogP contribution < -0.4 is 11.1 Å². The van der Waals surface area contributed by atoms with E-state index in [1.54, 1.807) is 6.20 Å². The number of hydrogen-bond acceptors (Lipinski definition) is 4. The van der Waals surface area contributed by atoms with Gasteiger partial charge >= 0.3 is 0 Å². The van der Waals surface area contributed by atoms with Crippen molar-refractivity contribution in [2.24, 2.45) is 5.73 Å². The molecule has 3 aromatic rings. The van der Waals surface area contributed by atoms with Crippen LogP contribution in [0.2, 0.25) is 0 Å². The first kappa shape index (κ1) is 16.0. The van der Waals surface area contributed by atoms with Crippen molar-refractivity contribution in [3.05, 3.63) is 78.3 Å². The van der Waals surface area contributed by atoms with Crippen LogP contribution in [0.5, 0.6) is 0 Å². The molecule has 5 heteroatoms. The molecule has 0 aliphatic rings. The molecular formula is C19H19N3O2. The average Bonchev–Trinajstić information content (AvgIpc) is 3.11. The SMILES string of the molecule is CC(NC(C(N)=O)c1ccccc1)c1ncc(-c2ccccc2)o1. The van der Waals surface area contributed by atoms with E-state index in [9.17, 15) is 4.79 Å². The van der Waals surface area contributed by atoms with Crippen LogP contribution in [0.4, 0.5) is 0 Å². The molecule has 3 N–H and O–H groups in total. The highest BCUT2D eigenvalue weighted by Gasteiger charge is 2.22. The molecule has 0 aliphatic heterocycles. The lowest BCUT2D eigenvalue weighted by Crippen LogP contribution is -2.35. The highest BCUT2D eigenvalue weighted by atomic mass is 16.4. The Hall–Kier alpha value is -2.92. The number of nitrogens with zero attached hydrogens (tertiary/aromatic N) is 1. The number of nitrogens with one attached hydrogen (secondary N) is 1. The van der Waals surface area contributed by atoms with E-state index in [0.717, 1.165) is 11.1 Å². The predicted molar refractivity (Wildman–Crippen MR) is 91.9 cm³/mol. The molecule has 2 unspecified atom stereocenters. The van der Waals surface area contributed by atoms with Crippen LogP contribution in [0.3, 0.4) is 0 Å². The maximum Gasteiger partial charge on any atom is 0.239 e. The minimum Gasteiger partial charge on any atom is -0.439 e. The number of nitrogens with two attached hydrogens (primary N) is 1. The number of rotatable bonds is 6. The van der Waals surface area contributed by atoms with E-state index in [0.29, 0.717) is 11.7 Å². The van der Waals surface area contributed by atoms with Crippen molar-refractivity contribution in [1.29, 1.82) is 0 Å². The third-order valence-electron chi connectivity index (χ3n) is 3.79. The molecule has 1 heterocycles. The van der Waals surface area contributed by atoms with E-state index < -0.39 is 11.9 Å². The lowest BCUT2D eigenvalue weighted by molar-refractivity contribution is -0.120. The monoisotopic (exact) mass is 321 g/mol. The molecule has 5 nitrogen and oxygen atoms in total. The lowest BCUT2D eigenvalue weighted by atomic mass is 10.1. The van der Waals surface area contributed by atoms with Crippen LogP contribution in [0.25, 0.3) is 11.3 Å². The second-order valence-corrected chi connectivity index (χ2v) is 5.56. The Morgan fingerprint density at radius 2 is 1.71 bits per heavy atom. The van der Waals surface area contributed by atoms with Gasteiger partial charge in [0.2, 0.25) is 11.8 Å². The van der Waals surface area contributed by atoms with Gasteiger partial charge in [0.1, 0.15) is 6.04 Å². The smallest absolute Gasteiger partial charge is 0.239 e. The summed E-state index contributed by atoms with van der Waals surface area (Å²) in [6.07, 6.45) is 1.69. The Balaban J connectivity index is 1.78. The molecule has 0 saturated carbocycles. The molecule has 0 bridgehead atoms. The molecule has 2 atom stereocenters. The van der Waals surface area contributed by atoms with Crippen molar-refractivity contribution in [3.8, 4) is 11.3 Å². The van der Waals surface area contributed by atoms with Crippen molar-refractivity contribution >= 4 is 5.91 Å². The fraction of sp³-hybridized carbons (Fsp3) is 0.158.